The lowest BCUT2D eigenvalue weighted by molar-refractivity contribution is -0.132. The van der Waals surface area contributed by atoms with E-state index in [2.05, 4.69) is 16.4 Å². The van der Waals surface area contributed by atoms with Crippen LogP contribution in [-0.2, 0) is 24.2 Å². The average molecular weight is 325 g/mol. The van der Waals surface area contributed by atoms with Crippen molar-refractivity contribution in [1.29, 1.82) is 0 Å². The summed E-state index contributed by atoms with van der Waals surface area (Å²) in [5.41, 5.74) is 1.93. The van der Waals surface area contributed by atoms with E-state index in [0.717, 1.165) is 18.2 Å². The van der Waals surface area contributed by atoms with Gasteiger partial charge >= 0.3 is 6.03 Å². The van der Waals surface area contributed by atoms with Gasteiger partial charge in [-0.05, 0) is 36.1 Å². The lowest BCUT2D eigenvalue weighted by Crippen LogP contribution is -2.51. The Balaban J connectivity index is 1.59. The van der Waals surface area contributed by atoms with Crippen LogP contribution in [0.15, 0.2) is 42.6 Å². The monoisotopic (exact) mass is 325 g/mol. The van der Waals surface area contributed by atoms with E-state index in [1.54, 1.807) is 0 Å². The minimum atomic E-state index is -0.870. The van der Waals surface area contributed by atoms with Crippen molar-refractivity contribution in [3.05, 3.63) is 65.2 Å². The van der Waals surface area contributed by atoms with Crippen molar-refractivity contribution in [3.63, 3.8) is 0 Å². The molecule has 1 aliphatic heterocycles. The van der Waals surface area contributed by atoms with Crippen LogP contribution in [-0.4, -0.2) is 27.4 Å². The number of rotatable bonds is 2. The number of urea groups is 1. The summed E-state index contributed by atoms with van der Waals surface area (Å²) in [5, 5.41) is 2.88. The van der Waals surface area contributed by atoms with E-state index in [-0.39, 0.29) is 12.5 Å². The van der Waals surface area contributed by atoms with Crippen molar-refractivity contribution >= 4 is 11.9 Å². The van der Waals surface area contributed by atoms with E-state index in [4.69, 9.17) is 0 Å². The Morgan fingerprint density at radius 1 is 1.17 bits per heavy atom. The van der Waals surface area contributed by atoms with Crippen molar-refractivity contribution in [1.82, 2.24) is 15.2 Å². The predicted octanol–water partition coefficient (Wildman–Crippen LogP) is 2.20. The van der Waals surface area contributed by atoms with Crippen molar-refractivity contribution in [2.24, 2.45) is 0 Å². The molecule has 5 nitrogen and oxygen atoms in total. The van der Waals surface area contributed by atoms with Crippen molar-refractivity contribution < 1.29 is 14.0 Å². The second-order valence-electron chi connectivity index (χ2n) is 6.32. The van der Waals surface area contributed by atoms with Crippen LogP contribution in [0.2, 0.25) is 0 Å². The van der Waals surface area contributed by atoms with Crippen LogP contribution < -0.4 is 5.32 Å². The fourth-order valence-electron chi connectivity index (χ4n) is 3.51. The van der Waals surface area contributed by atoms with Crippen LogP contribution in [0.5, 0.6) is 0 Å². The van der Waals surface area contributed by atoms with Gasteiger partial charge in [0.15, 0.2) is 0 Å². The van der Waals surface area contributed by atoms with E-state index in [1.165, 1.54) is 22.6 Å². The Hall–Kier alpha value is -2.76. The van der Waals surface area contributed by atoms with Gasteiger partial charge in [0.05, 0.1) is 18.4 Å². The summed E-state index contributed by atoms with van der Waals surface area (Å²) in [6, 6.07) is 10.3. The van der Waals surface area contributed by atoms with E-state index in [9.17, 15) is 14.0 Å². The summed E-state index contributed by atoms with van der Waals surface area (Å²) in [6.45, 7) is 0.0499. The number of nitrogens with one attached hydrogen (secondary N) is 1. The molecule has 1 N–H and O–H groups in total. The Kier molecular flexibility index (Phi) is 3.33. The number of imide groups is 1. The summed E-state index contributed by atoms with van der Waals surface area (Å²) < 4.78 is 13.0. The van der Waals surface area contributed by atoms with E-state index in [0.29, 0.717) is 18.5 Å². The van der Waals surface area contributed by atoms with Gasteiger partial charge in [-0.2, -0.15) is 0 Å². The van der Waals surface area contributed by atoms with Crippen LogP contribution in [0.25, 0.3) is 0 Å². The van der Waals surface area contributed by atoms with E-state index >= 15 is 0 Å². The molecule has 0 radical (unpaired) electrons. The first-order valence-corrected chi connectivity index (χ1v) is 7.89. The maximum atomic E-state index is 13.0. The standard InChI is InChI=1S/C18H16FN3O2/c19-14-5-6-15(20-10-14)11-22-16(23)18(21-17(22)24)8-7-12-3-1-2-4-13(12)9-18/h1-6,10H,7-9,11H2,(H,21,24). The Bertz CT molecular complexity index is 821. The molecule has 122 valence electrons. The van der Waals surface area contributed by atoms with Crippen molar-refractivity contribution in [3.8, 4) is 0 Å². The first-order valence-electron chi connectivity index (χ1n) is 7.89. The molecule has 2 heterocycles. The highest BCUT2D eigenvalue weighted by molar-refractivity contribution is 6.07. The van der Waals surface area contributed by atoms with Gasteiger partial charge in [-0.3, -0.25) is 14.7 Å². The number of hydrogen-bond donors (Lipinski definition) is 1. The largest absolute Gasteiger partial charge is 0.325 e. The summed E-state index contributed by atoms with van der Waals surface area (Å²) in [4.78, 5) is 30.4. The number of aryl methyl sites for hydroxylation is 1. The molecular formula is C18H16FN3O2. The number of amides is 3. The smallest absolute Gasteiger partial charge is 0.323 e. The van der Waals surface area contributed by atoms with E-state index in [1.807, 2.05) is 18.2 Å². The van der Waals surface area contributed by atoms with E-state index < -0.39 is 17.4 Å². The molecule has 1 unspecified atom stereocenters. The molecule has 2 aliphatic rings. The Morgan fingerprint density at radius 3 is 2.71 bits per heavy atom. The zero-order valence-corrected chi connectivity index (χ0v) is 13.0. The molecule has 3 amide bonds. The molecule has 1 aromatic carbocycles. The van der Waals surface area contributed by atoms with Gasteiger partial charge < -0.3 is 5.32 Å². The number of benzene rings is 1. The summed E-state index contributed by atoms with van der Waals surface area (Å²) in [6.07, 6.45) is 2.92. The number of fused-ring (bicyclic) bond motifs is 1. The fourth-order valence-corrected chi connectivity index (χ4v) is 3.51. The zero-order chi connectivity index (χ0) is 16.7. The van der Waals surface area contributed by atoms with Crippen LogP contribution in [0, 0.1) is 5.82 Å². The van der Waals surface area contributed by atoms with Crippen molar-refractivity contribution in [2.45, 2.75) is 31.3 Å². The first-order chi connectivity index (χ1) is 11.6. The number of hydrogen-bond acceptors (Lipinski definition) is 3. The molecule has 6 heteroatoms. The van der Waals surface area contributed by atoms with Crippen LogP contribution in [0.1, 0.15) is 23.2 Å². The molecular weight excluding hydrogens is 309 g/mol. The van der Waals surface area contributed by atoms with Crippen molar-refractivity contribution in [2.75, 3.05) is 0 Å². The fraction of sp³-hybridized carbons (Fsp3) is 0.278. The molecule has 0 saturated carbocycles. The number of carbonyl (C=O) groups excluding carboxylic acids is 2. The van der Waals surface area contributed by atoms with Gasteiger partial charge in [-0.25, -0.2) is 9.18 Å². The summed E-state index contributed by atoms with van der Waals surface area (Å²) >= 11 is 0. The molecule has 0 bridgehead atoms. The minimum absolute atomic E-state index is 0.0499. The maximum absolute atomic E-state index is 13.0. The number of nitrogens with zero attached hydrogens (tertiary/aromatic N) is 2. The maximum Gasteiger partial charge on any atom is 0.325 e. The van der Waals surface area contributed by atoms with Gasteiger partial charge in [0.2, 0.25) is 0 Å². The summed E-state index contributed by atoms with van der Waals surface area (Å²) in [7, 11) is 0. The number of halogens is 1. The van der Waals surface area contributed by atoms with Gasteiger partial charge in [0, 0.05) is 6.42 Å². The third-order valence-electron chi connectivity index (χ3n) is 4.79. The third kappa shape index (κ3) is 2.35. The third-order valence-corrected chi connectivity index (χ3v) is 4.79. The second kappa shape index (κ2) is 5.40. The molecule has 1 fully saturated rings. The molecule has 1 spiro atoms. The molecule has 1 aliphatic carbocycles. The van der Waals surface area contributed by atoms with Gasteiger partial charge in [-0.1, -0.05) is 24.3 Å². The van der Waals surface area contributed by atoms with Gasteiger partial charge in [0.1, 0.15) is 11.4 Å². The number of carbonyl (C=O) groups is 2. The molecule has 1 aromatic heterocycles. The molecule has 24 heavy (non-hydrogen) atoms. The second-order valence-corrected chi connectivity index (χ2v) is 6.32. The SMILES string of the molecule is O=C1NC2(CCc3ccccc3C2)C(=O)N1Cc1ccc(F)cn1. The highest BCUT2D eigenvalue weighted by atomic mass is 19.1. The van der Waals surface area contributed by atoms with Gasteiger partial charge in [-0.15, -0.1) is 0 Å². The molecule has 1 saturated heterocycles. The minimum Gasteiger partial charge on any atom is -0.323 e. The van der Waals surface area contributed by atoms with Crippen LogP contribution in [0.4, 0.5) is 9.18 Å². The van der Waals surface area contributed by atoms with Crippen LogP contribution in [0.3, 0.4) is 0 Å². The summed E-state index contributed by atoms with van der Waals surface area (Å²) in [5.74, 6) is -0.676. The first kappa shape index (κ1) is 14.8. The van der Waals surface area contributed by atoms with Gasteiger partial charge in [0.25, 0.3) is 5.91 Å². The molecule has 2 aromatic rings. The molecule has 1 atom stereocenters. The van der Waals surface area contributed by atoms with Crippen LogP contribution >= 0.6 is 0 Å². The predicted molar refractivity (Wildman–Crippen MR) is 84.5 cm³/mol. The average Bonchev–Trinajstić information content (AvgIpc) is 2.81. The Labute approximate surface area is 138 Å². The number of pyridine rings is 1. The quantitative estimate of drug-likeness (QED) is 0.861. The Morgan fingerprint density at radius 2 is 1.96 bits per heavy atom. The highest BCUT2D eigenvalue weighted by Gasteiger charge is 2.52. The lowest BCUT2D eigenvalue weighted by atomic mass is 9.78. The highest BCUT2D eigenvalue weighted by Crippen LogP contribution is 2.34. The lowest BCUT2D eigenvalue weighted by Gasteiger charge is -2.32. The molecule has 4 rings (SSSR count). The topological polar surface area (TPSA) is 62.3 Å². The number of aromatic nitrogens is 1. The normalized spacial score (nSPS) is 22.6. The zero-order valence-electron chi connectivity index (χ0n) is 13.0.